The van der Waals surface area contributed by atoms with Crippen molar-refractivity contribution in [3.05, 3.63) is 0 Å². The van der Waals surface area contributed by atoms with E-state index >= 15 is 0 Å². The van der Waals surface area contributed by atoms with Crippen molar-refractivity contribution in [1.29, 1.82) is 0 Å². The van der Waals surface area contributed by atoms with Crippen LogP contribution in [0.15, 0.2) is 0 Å². The first-order valence-corrected chi connectivity index (χ1v) is 11.4. The molecule has 2 aliphatic heterocycles. The van der Waals surface area contributed by atoms with Crippen LogP contribution in [0.4, 0.5) is 4.79 Å². The number of hydrogen-bond acceptors (Lipinski definition) is 6. The third-order valence-electron chi connectivity index (χ3n) is 5.99. The number of imide groups is 1. The van der Waals surface area contributed by atoms with Gasteiger partial charge in [0.1, 0.15) is 0 Å². The number of rotatable bonds is 7. The van der Waals surface area contributed by atoms with Crippen LogP contribution in [0, 0.1) is 5.92 Å². The molecule has 1 aliphatic carbocycles. The molecule has 0 bridgehead atoms. The Morgan fingerprint density at radius 2 is 1.93 bits per heavy atom. The molecule has 158 valence electrons. The minimum atomic E-state index is -0.421. The Balaban J connectivity index is 1.67. The normalized spacial score (nSPS) is 31.2. The number of unbranched alkanes of at least 4 members (excludes halogenated alkanes) is 1. The number of urea groups is 1. The fourth-order valence-electron chi connectivity index (χ4n) is 4.35. The lowest BCUT2D eigenvalue weighted by Crippen LogP contribution is -2.74. The molecular formula is C19H33N5O3S. The van der Waals surface area contributed by atoms with Crippen LogP contribution in [-0.4, -0.2) is 71.2 Å². The first kappa shape index (κ1) is 21.4. The maximum Gasteiger partial charge on any atom is 0.327 e. The molecule has 0 aromatic carbocycles. The highest BCUT2D eigenvalue weighted by Gasteiger charge is 2.50. The maximum absolute atomic E-state index is 12.9. The summed E-state index contributed by atoms with van der Waals surface area (Å²) >= 11 is 1.47. The summed E-state index contributed by atoms with van der Waals surface area (Å²) in [7, 11) is 3.25. The van der Waals surface area contributed by atoms with Crippen molar-refractivity contribution < 1.29 is 14.4 Å². The Hall–Kier alpha value is -1.32. The predicted molar refractivity (Wildman–Crippen MR) is 109 cm³/mol. The van der Waals surface area contributed by atoms with Crippen LogP contribution in [0.1, 0.15) is 51.9 Å². The molecule has 2 saturated heterocycles. The number of thioether (sulfide) groups is 1. The van der Waals surface area contributed by atoms with Crippen molar-refractivity contribution in [2.45, 2.75) is 75.6 Å². The van der Waals surface area contributed by atoms with Crippen LogP contribution >= 0.6 is 11.8 Å². The summed E-state index contributed by atoms with van der Waals surface area (Å²) < 4.78 is 0. The van der Waals surface area contributed by atoms with E-state index < -0.39 is 5.92 Å². The van der Waals surface area contributed by atoms with E-state index in [1.807, 2.05) is 0 Å². The molecule has 0 aromatic heterocycles. The maximum atomic E-state index is 12.9. The second kappa shape index (κ2) is 9.45. The minimum absolute atomic E-state index is 0.0167. The number of nitrogens with one attached hydrogen (secondary N) is 3. The molecule has 4 atom stereocenters. The van der Waals surface area contributed by atoms with Crippen LogP contribution in [0.5, 0.6) is 0 Å². The molecule has 3 aliphatic rings. The standard InChI is InChI=1S/C19H33N5O3S/c1-4-5-10-13-21-16-15(18(26)24(3)19(27)23(16)2)17(22-13)28-11-14(25)20-12-8-6-7-9-12/h12-13,15-17,21-22H,4-11H2,1-3H3,(H,20,25). The lowest BCUT2D eigenvalue weighted by molar-refractivity contribution is -0.140. The Morgan fingerprint density at radius 1 is 1.21 bits per heavy atom. The molecule has 1 saturated carbocycles. The van der Waals surface area contributed by atoms with Crippen LogP contribution < -0.4 is 16.0 Å². The third-order valence-corrected chi connectivity index (χ3v) is 7.20. The number of carbonyl (C=O) groups is 3. The Morgan fingerprint density at radius 3 is 2.61 bits per heavy atom. The van der Waals surface area contributed by atoms with Gasteiger partial charge in [0.2, 0.25) is 11.8 Å². The molecule has 0 spiro atoms. The lowest BCUT2D eigenvalue weighted by atomic mass is 9.96. The van der Waals surface area contributed by atoms with Crippen molar-refractivity contribution in [3.8, 4) is 0 Å². The van der Waals surface area contributed by atoms with Gasteiger partial charge < -0.3 is 10.2 Å². The average Bonchev–Trinajstić information content (AvgIpc) is 3.19. The summed E-state index contributed by atoms with van der Waals surface area (Å²) in [4.78, 5) is 40.4. The van der Waals surface area contributed by atoms with Crippen molar-refractivity contribution in [1.82, 2.24) is 25.8 Å². The quantitative estimate of drug-likeness (QED) is 0.584. The summed E-state index contributed by atoms with van der Waals surface area (Å²) in [6.07, 6.45) is 7.17. The van der Waals surface area contributed by atoms with Crippen molar-refractivity contribution in [2.75, 3.05) is 19.8 Å². The van der Waals surface area contributed by atoms with E-state index in [0.29, 0.717) is 11.8 Å². The summed E-state index contributed by atoms with van der Waals surface area (Å²) in [5, 5.41) is 9.83. The zero-order chi connectivity index (χ0) is 20.3. The molecule has 9 heteroatoms. The van der Waals surface area contributed by atoms with Gasteiger partial charge >= 0.3 is 6.03 Å². The predicted octanol–water partition coefficient (Wildman–Crippen LogP) is 1.28. The zero-order valence-electron chi connectivity index (χ0n) is 17.1. The topological polar surface area (TPSA) is 93.8 Å². The molecule has 0 radical (unpaired) electrons. The van der Waals surface area contributed by atoms with E-state index in [1.165, 1.54) is 36.6 Å². The van der Waals surface area contributed by atoms with E-state index in [9.17, 15) is 14.4 Å². The van der Waals surface area contributed by atoms with Crippen LogP contribution in [0.25, 0.3) is 0 Å². The molecule has 3 rings (SSSR count). The van der Waals surface area contributed by atoms with Gasteiger partial charge in [-0.1, -0.05) is 32.6 Å². The molecule has 4 unspecified atom stereocenters. The number of nitrogens with zero attached hydrogens (tertiary/aromatic N) is 2. The molecule has 8 nitrogen and oxygen atoms in total. The van der Waals surface area contributed by atoms with E-state index in [-0.39, 0.29) is 35.6 Å². The molecule has 4 amide bonds. The summed E-state index contributed by atoms with van der Waals surface area (Å²) in [6.45, 7) is 2.14. The summed E-state index contributed by atoms with van der Waals surface area (Å²) in [5.74, 6) is -0.280. The van der Waals surface area contributed by atoms with Gasteiger partial charge in [0.15, 0.2) is 0 Å². The first-order chi connectivity index (χ1) is 13.4. The van der Waals surface area contributed by atoms with E-state index in [2.05, 4.69) is 22.9 Å². The third kappa shape index (κ3) is 4.63. The fraction of sp³-hybridized carbons (Fsp3) is 0.842. The molecule has 28 heavy (non-hydrogen) atoms. The first-order valence-electron chi connectivity index (χ1n) is 10.4. The lowest BCUT2D eigenvalue weighted by Gasteiger charge is -2.50. The van der Waals surface area contributed by atoms with E-state index in [0.717, 1.165) is 32.1 Å². The molecular weight excluding hydrogens is 378 g/mol. The monoisotopic (exact) mass is 411 g/mol. The number of amides is 4. The largest absolute Gasteiger partial charge is 0.353 e. The molecule has 2 heterocycles. The second-order valence-corrected chi connectivity index (χ2v) is 9.20. The fourth-order valence-corrected chi connectivity index (χ4v) is 5.50. The Bertz CT molecular complexity index is 598. The Labute approximate surface area is 171 Å². The highest BCUT2D eigenvalue weighted by Crippen LogP contribution is 2.32. The summed E-state index contributed by atoms with van der Waals surface area (Å²) in [6, 6.07) is 0.00273. The average molecular weight is 412 g/mol. The highest BCUT2D eigenvalue weighted by atomic mass is 32.2. The number of carbonyl (C=O) groups excluding carboxylic acids is 3. The number of fused-ring (bicyclic) bond motifs is 1. The minimum Gasteiger partial charge on any atom is -0.353 e. The van der Waals surface area contributed by atoms with E-state index in [1.54, 1.807) is 11.9 Å². The number of hydrogen-bond donors (Lipinski definition) is 3. The van der Waals surface area contributed by atoms with Gasteiger partial charge in [-0.3, -0.25) is 25.1 Å². The van der Waals surface area contributed by atoms with Gasteiger partial charge in [-0.15, -0.1) is 11.8 Å². The van der Waals surface area contributed by atoms with Crippen molar-refractivity contribution >= 4 is 29.6 Å². The van der Waals surface area contributed by atoms with Gasteiger partial charge in [-0.2, -0.15) is 0 Å². The molecule has 0 aromatic rings. The smallest absolute Gasteiger partial charge is 0.327 e. The Kier molecular flexibility index (Phi) is 7.22. The highest BCUT2D eigenvalue weighted by molar-refractivity contribution is 8.00. The zero-order valence-corrected chi connectivity index (χ0v) is 17.9. The van der Waals surface area contributed by atoms with Crippen LogP contribution in [0.3, 0.4) is 0 Å². The van der Waals surface area contributed by atoms with Gasteiger partial charge in [-0.25, -0.2) is 4.79 Å². The van der Waals surface area contributed by atoms with Gasteiger partial charge in [-0.05, 0) is 19.3 Å². The van der Waals surface area contributed by atoms with Crippen LogP contribution in [0.2, 0.25) is 0 Å². The van der Waals surface area contributed by atoms with Crippen molar-refractivity contribution in [3.63, 3.8) is 0 Å². The van der Waals surface area contributed by atoms with Gasteiger partial charge in [0.25, 0.3) is 0 Å². The van der Waals surface area contributed by atoms with Gasteiger partial charge in [0, 0.05) is 20.1 Å². The van der Waals surface area contributed by atoms with Crippen LogP contribution in [-0.2, 0) is 9.59 Å². The van der Waals surface area contributed by atoms with Crippen molar-refractivity contribution in [2.24, 2.45) is 5.92 Å². The second-order valence-electron chi connectivity index (χ2n) is 8.07. The summed E-state index contributed by atoms with van der Waals surface area (Å²) in [5.41, 5.74) is 0. The van der Waals surface area contributed by atoms with Gasteiger partial charge in [0.05, 0.1) is 29.4 Å². The van der Waals surface area contributed by atoms with E-state index in [4.69, 9.17) is 0 Å². The molecule has 3 fully saturated rings. The SMILES string of the molecule is CCCCC1NC(SCC(=O)NC2CCCC2)C2C(=O)N(C)C(=O)N(C)C2N1. The molecule has 3 N–H and O–H groups in total.